The first kappa shape index (κ1) is 14.0. The summed E-state index contributed by atoms with van der Waals surface area (Å²) in [6.45, 7) is 1.83. The van der Waals surface area contributed by atoms with Crippen LogP contribution in [0.15, 0.2) is 23.1 Å². The number of anilines is 1. The predicted octanol–water partition coefficient (Wildman–Crippen LogP) is 0.326. The number of hydrogen-bond acceptors (Lipinski definition) is 4. The summed E-state index contributed by atoms with van der Waals surface area (Å²) in [5, 5.41) is 7.79. The van der Waals surface area contributed by atoms with Gasteiger partial charge in [-0.3, -0.25) is 4.79 Å². The lowest BCUT2D eigenvalue weighted by Gasteiger charge is -2.12. The molecular weight excluding hydrogens is 266 g/mol. The smallest absolute Gasteiger partial charge is 0.244 e. The van der Waals surface area contributed by atoms with Crippen LogP contribution in [0.4, 0.5) is 5.69 Å². The van der Waals surface area contributed by atoms with Gasteiger partial charge in [-0.2, -0.15) is 0 Å². The highest BCUT2D eigenvalue weighted by atomic mass is 32.2. The second kappa shape index (κ2) is 4.59. The number of nitrogens with two attached hydrogens (primary N) is 2. The average Bonchev–Trinajstić information content (AvgIpc) is 3.07. The fourth-order valence-corrected chi connectivity index (χ4v) is 2.68. The van der Waals surface area contributed by atoms with Gasteiger partial charge in [-0.15, -0.1) is 0 Å². The number of rotatable bonds is 4. The first-order valence-corrected chi connectivity index (χ1v) is 7.57. The van der Waals surface area contributed by atoms with E-state index in [1.165, 1.54) is 6.07 Å². The molecule has 0 saturated heterocycles. The molecule has 1 fully saturated rings. The minimum absolute atomic E-state index is 0.0367. The van der Waals surface area contributed by atoms with E-state index in [9.17, 15) is 13.2 Å². The lowest BCUT2D eigenvalue weighted by molar-refractivity contribution is -0.118. The molecular formula is C12H17N3O3S. The highest BCUT2D eigenvalue weighted by Gasteiger charge is 2.45. The fraction of sp³-hybridized carbons (Fsp3) is 0.417. The Bertz CT molecular complexity index is 621. The number of amides is 1. The Morgan fingerprint density at radius 1 is 1.42 bits per heavy atom. The van der Waals surface area contributed by atoms with Gasteiger partial charge in [-0.1, -0.05) is 13.0 Å². The third-order valence-corrected chi connectivity index (χ3v) is 4.25. The van der Waals surface area contributed by atoms with E-state index in [2.05, 4.69) is 5.32 Å². The Labute approximate surface area is 112 Å². The topological polar surface area (TPSA) is 115 Å². The molecule has 1 aliphatic rings. The number of carbonyl (C=O) groups is 1. The zero-order valence-electron chi connectivity index (χ0n) is 10.6. The molecule has 5 N–H and O–H groups in total. The van der Waals surface area contributed by atoms with Crippen molar-refractivity contribution in [3.63, 3.8) is 0 Å². The summed E-state index contributed by atoms with van der Waals surface area (Å²) in [6.07, 6.45) is 1.84. The van der Waals surface area contributed by atoms with Crippen molar-refractivity contribution in [2.75, 3.05) is 5.32 Å². The summed E-state index contributed by atoms with van der Waals surface area (Å²) in [4.78, 5) is 11.8. The van der Waals surface area contributed by atoms with Gasteiger partial charge in [0, 0.05) is 5.69 Å². The summed E-state index contributed by atoms with van der Waals surface area (Å²) in [6, 6.07) is 4.67. The Balaban J connectivity index is 2.31. The molecule has 1 aliphatic carbocycles. The van der Waals surface area contributed by atoms with Crippen LogP contribution in [0.25, 0.3) is 0 Å². The molecule has 1 saturated carbocycles. The van der Waals surface area contributed by atoms with E-state index >= 15 is 0 Å². The standard InChI is InChI=1S/C12H17N3O3S/c1-2-8-3-4-9(7-10(8)19(14,17)18)15-11(16)12(13)5-6-12/h3-4,7H,2,5-6,13H2,1H3,(H,15,16)(H2,14,17,18). The summed E-state index contributed by atoms with van der Waals surface area (Å²) in [7, 11) is -3.81. The van der Waals surface area contributed by atoms with Crippen LogP contribution < -0.4 is 16.2 Å². The van der Waals surface area contributed by atoms with Crippen LogP contribution in [-0.4, -0.2) is 19.9 Å². The summed E-state index contributed by atoms with van der Waals surface area (Å²) >= 11 is 0. The van der Waals surface area contributed by atoms with E-state index in [0.717, 1.165) is 0 Å². The van der Waals surface area contributed by atoms with E-state index in [0.29, 0.717) is 30.5 Å². The molecule has 0 unspecified atom stereocenters. The molecule has 1 aromatic rings. The van der Waals surface area contributed by atoms with Crippen LogP contribution in [0.5, 0.6) is 0 Å². The summed E-state index contributed by atoms with van der Waals surface area (Å²) < 4.78 is 23.0. The van der Waals surface area contributed by atoms with Crippen molar-refractivity contribution in [2.45, 2.75) is 36.6 Å². The Hall–Kier alpha value is -1.44. The van der Waals surface area contributed by atoms with Gasteiger partial charge in [0.05, 0.1) is 10.4 Å². The molecule has 0 atom stereocenters. The van der Waals surface area contributed by atoms with Crippen LogP contribution in [-0.2, 0) is 21.2 Å². The Morgan fingerprint density at radius 3 is 2.53 bits per heavy atom. The van der Waals surface area contributed by atoms with Crippen molar-refractivity contribution in [1.82, 2.24) is 0 Å². The second-order valence-corrected chi connectivity index (χ2v) is 6.36. The third kappa shape index (κ3) is 2.94. The monoisotopic (exact) mass is 283 g/mol. The molecule has 1 amide bonds. The van der Waals surface area contributed by atoms with Gasteiger partial charge in [0.15, 0.2) is 0 Å². The Kier molecular flexibility index (Phi) is 3.38. The van der Waals surface area contributed by atoms with Crippen molar-refractivity contribution in [2.24, 2.45) is 10.9 Å². The lowest BCUT2D eigenvalue weighted by atomic mass is 10.1. The van der Waals surface area contributed by atoms with Crippen molar-refractivity contribution in [3.8, 4) is 0 Å². The Morgan fingerprint density at radius 2 is 2.05 bits per heavy atom. The van der Waals surface area contributed by atoms with Gasteiger partial charge < -0.3 is 11.1 Å². The quantitative estimate of drug-likeness (QED) is 0.738. The van der Waals surface area contributed by atoms with E-state index in [1.807, 2.05) is 6.92 Å². The highest BCUT2D eigenvalue weighted by Crippen LogP contribution is 2.33. The second-order valence-electron chi connectivity index (χ2n) is 4.83. The molecule has 0 aromatic heterocycles. The number of benzene rings is 1. The number of aryl methyl sites for hydroxylation is 1. The van der Waals surface area contributed by atoms with Crippen LogP contribution in [0.3, 0.4) is 0 Å². The normalized spacial score (nSPS) is 17.0. The molecule has 104 valence electrons. The molecule has 19 heavy (non-hydrogen) atoms. The first-order chi connectivity index (χ1) is 8.76. The van der Waals surface area contributed by atoms with Gasteiger partial charge >= 0.3 is 0 Å². The van der Waals surface area contributed by atoms with Crippen molar-refractivity contribution in [3.05, 3.63) is 23.8 Å². The van der Waals surface area contributed by atoms with Crippen molar-refractivity contribution < 1.29 is 13.2 Å². The molecule has 0 heterocycles. The largest absolute Gasteiger partial charge is 0.324 e. The SMILES string of the molecule is CCc1ccc(NC(=O)C2(N)CC2)cc1S(N)(=O)=O. The van der Waals surface area contributed by atoms with Crippen LogP contribution in [0.2, 0.25) is 0 Å². The highest BCUT2D eigenvalue weighted by molar-refractivity contribution is 7.89. The van der Waals surface area contributed by atoms with Crippen molar-refractivity contribution in [1.29, 1.82) is 0 Å². The van der Waals surface area contributed by atoms with E-state index in [4.69, 9.17) is 10.9 Å². The number of carbonyl (C=O) groups excluding carboxylic acids is 1. The van der Waals surface area contributed by atoms with Gasteiger partial charge in [-0.05, 0) is 37.0 Å². The minimum atomic E-state index is -3.81. The van der Waals surface area contributed by atoms with E-state index < -0.39 is 15.6 Å². The zero-order valence-corrected chi connectivity index (χ0v) is 11.5. The third-order valence-electron chi connectivity index (χ3n) is 3.25. The van der Waals surface area contributed by atoms with Crippen LogP contribution in [0, 0.1) is 0 Å². The maximum absolute atomic E-state index is 11.8. The number of nitrogens with one attached hydrogen (secondary N) is 1. The molecule has 0 bridgehead atoms. The van der Waals surface area contributed by atoms with Gasteiger partial charge in [0.1, 0.15) is 0 Å². The summed E-state index contributed by atoms with van der Waals surface area (Å²) in [5.74, 6) is -0.294. The molecule has 0 spiro atoms. The molecule has 0 radical (unpaired) electrons. The van der Waals surface area contributed by atoms with Gasteiger partial charge in [0.2, 0.25) is 15.9 Å². The average molecular weight is 283 g/mol. The maximum atomic E-state index is 11.8. The molecule has 2 rings (SSSR count). The van der Waals surface area contributed by atoms with Gasteiger partial charge in [0.25, 0.3) is 0 Å². The minimum Gasteiger partial charge on any atom is -0.324 e. The molecule has 0 aliphatic heterocycles. The zero-order chi connectivity index (χ0) is 14.3. The summed E-state index contributed by atoms with van der Waals surface area (Å²) in [5.41, 5.74) is 5.97. The van der Waals surface area contributed by atoms with Crippen LogP contribution >= 0.6 is 0 Å². The molecule has 1 aromatic carbocycles. The number of primary sulfonamides is 1. The fourth-order valence-electron chi connectivity index (χ4n) is 1.81. The number of sulfonamides is 1. The van der Waals surface area contributed by atoms with E-state index in [1.54, 1.807) is 12.1 Å². The maximum Gasteiger partial charge on any atom is 0.244 e. The van der Waals surface area contributed by atoms with Crippen LogP contribution in [0.1, 0.15) is 25.3 Å². The molecule has 7 heteroatoms. The predicted molar refractivity (Wildman–Crippen MR) is 72.0 cm³/mol. The number of hydrogen-bond donors (Lipinski definition) is 3. The lowest BCUT2D eigenvalue weighted by Crippen LogP contribution is -2.37. The van der Waals surface area contributed by atoms with Gasteiger partial charge in [-0.25, -0.2) is 13.6 Å². The van der Waals surface area contributed by atoms with E-state index in [-0.39, 0.29) is 10.8 Å². The van der Waals surface area contributed by atoms with Crippen molar-refractivity contribution >= 4 is 21.6 Å². The molecule has 6 nitrogen and oxygen atoms in total. The first-order valence-electron chi connectivity index (χ1n) is 6.02.